The van der Waals surface area contributed by atoms with Gasteiger partial charge in [0.1, 0.15) is 36.8 Å². The number of aryl methyl sites for hydroxylation is 1. The average molecular weight is 757 g/mol. The quantitative estimate of drug-likeness (QED) is 0.130. The molecule has 2 heterocycles. The van der Waals surface area contributed by atoms with Gasteiger partial charge >= 0.3 is 5.97 Å². The van der Waals surface area contributed by atoms with E-state index in [1.807, 2.05) is 0 Å². The molecule has 0 amide bonds. The minimum Gasteiger partial charge on any atom is -0.488 e. The lowest BCUT2D eigenvalue weighted by molar-refractivity contribution is -0.142. The molecule has 1 aliphatic carbocycles. The second-order valence-corrected chi connectivity index (χ2v) is 15.2. The Morgan fingerprint density at radius 2 is 1.69 bits per heavy atom. The van der Waals surface area contributed by atoms with E-state index in [2.05, 4.69) is 98.5 Å². The maximum absolute atomic E-state index is 12.0. The molecular formula is C45H45ClN4O5. The van der Waals surface area contributed by atoms with Crippen LogP contribution in [0.3, 0.4) is 0 Å². The van der Waals surface area contributed by atoms with Crippen LogP contribution in [0, 0.1) is 25.2 Å². The highest BCUT2D eigenvalue weighted by Crippen LogP contribution is 2.40. The monoisotopic (exact) mass is 756 g/mol. The molecule has 2 aliphatic rings. The van der Waals surface area contributed by atoms with Gasteiger partial charge in [-0.05, 0) is 103 Å². The van der Waals surface area contributed by atoms with Crippen molar-refractivity contribution < 1.29 is 24.5 Å². The van der Waals surface area contributed by atoms with E-state index in [0.717, 1.165) is 29.5 Å². The number of ether oxygens (including phenoxy) is 2. The number of aliphatic hydroxyl groups is 1. The van der Waals surface area contributed by atoms with Crippen LogP contribution < -0.4 is 9.47 Å². The summed E-state index contributed by atoms with van der Waals surface area (Å²) in [6.45, 7) is 5.08. The summed E-state index contributed by atoms with van der Waals surface area (Å²) in [6, 6.07) is 26.6. The minimum absolute atomic E-state index is 0.114. The molecule has 1 aromatic heterocycles. The standard InChI is InChI=1S/C45H45ClN4O5/c1-27-33(7-5-9-37(27)38-10-6-8-36(28(38)2)31-11-13-39-32(16-31)12-14-41(39)49(3)4)26-55-44-19-43(54-25-30-15-29(20-47)21-48-22-30)34(17-40(44)46)23-50-24-35(51)18-42(50)45(52)53/h5-11,13,15-17,19,21-22,35,41-42,51H,12,14,18,23-26H2,1-4H3,(H,52,53)/t35?,41-,42+/m1/s1. The zero-order valence-electron chi connectivity index (χ0n) is 31.6. The van der Waals surface area contributed by atoms with Crippen molar-refractivity contribution in [3.8, 4) is 39.8 Å². The molecule has 3 atom stereocenters. The lowest BCUT2D eigenvalue weighted by atomic mass is 9.89. The summed E-state index contributed by atoms with van der Waals surface area (Å²) in [5.74, 6) is -0.129. The van der Waals surface area contributed by atoms with Crippen molar-refractivity contribution in [2.75, 3.05) is 20.6 Å². The van der Waals surface area contributed by atoms with Gasteiger partial charge in [-0.2, -0.15) is 5.26 Å². The van der Waals surface area contributed by atoms with Gasteiger partial charge in [0.25, 0.3) is 0 Å². The van der Waals surface area contributed by atoms with Gasteiger partial charge in [0.2, 0.25) is 0 Å². The Morgan fingerprint density at radius 3 is 2.45 bits per heavy atom. The molecule has 4 aromatic carbocycles. The number of nitriles is 1. The minimum atomic E-state index is -0.995. The summed E-state index contributed by atoms with van der Waals surface area (Å²) < 4.78 is 12.7. The summed E-state index contributed by atoms with van der Waals surface area (Å²) in [6.07, 6.45) is 4.74. The first-order valence-electron chi connectivity index (χ1n) is 18.6. The van der Waals surface area contributed by atoms with Crippen molar-refractivity contribution in [1.82, 2.24) is 14.8 Å². The first kappa shape index (κ1) is 38.1. The molecule has 0 saturated carbocycles. The summed E-state index contributed by atoms with van der Waals surface area (Å²) >= 11 is 6.85. The fourth-order valence-electron chi connectivity index (χ4n) is 8.09. The van der Waals surface area contributed by atoms with E-state index in [9.17, 15) is 20.3 Å². The van der Waals surface area contributed by atoms with Gasteiger partial charge < -0.3 is 24.6 Å². The predicted molar refractivity (Wildman–Crippen MR) is 213 cm³/mol. The van der Waals surface area contributed by atoms with E-state index in [1.54, 1.807) is 29.3 Å². The lowest BCUT2D eigenvalue weighted by Crippen LogP contribution is -2.35. The van der Waals surface area contributed by atoms with E-state index in [0.29, 0.717) is 39.3 Å². The third kappa shape index (κ3) is 8.10. The van der Waals surface area contributed by atoms with Crippen LogP contribution in [0.2, 0.25) is 5.02 Å². The molecule has 1 unspecified atom stereocenters. The van der Waals surface area contributed by atoms with Gasteiger partial charge in [0.15, 0.2) is 0 Å². The van der Waals surface area contributed by atoms with Crippen LogP contribution in [0.15, 0.2) is 85.2 Å². The number of carboxylic acid groups (broad SMARTS) is 1. The Balaban J connectivity index is 1.14. The Kier molecular flexibility index (Phi) is 11.2. The summed E-state index contributed by atoms with van der Waals surface area (Å²) in [5.41, 5.74) is 12.7. The molecule has 10 heteroatoms. The van der Waals surface area contributed by atoms with Gasteiger partial charge in [-0.1, -0.05) is 66.2 Å². The third-order valence-corrected chi connectivity index (χ3v) is 11.3. The second kappa shape index (κ2) is 16.2. The molecule has 7 rings (SSSR count). The van der Waals surface area contributed by atoms with Crippen molar-refractivity contribution >= 4 is 17.6 Å². The number of likely N-dealkylation sites (tertiary alicyclic amines) is 1. The Bertz CT molecular complexity index is 2280. The molecule has 2 N–H and O–H groups in total. The van der Waals surface area contributed by atoms with Crippen LogP contribution >= 0.6 is 11.6 Å². The zero-order valence-corrected chi connectivity index (χ0v) is 32.3. The molecule has 1 saturated heterocycles. The van der Waals surface area contributed by atoms with Crippen molar-refractivity contribution in [2.45, 2.75) is 71.1 Å². The molecule has 282 valence electrons. The molecule has 9 nitrogen and oxygen atoms in total. The Labute approximate surface area is 327 Å². The Morgan fingerprint density at radius 1 is 0.945 bits per heavy atom. The van der Waals surface area contributed by atoms with Gasteiger partial charge in [-0.3, -0.25) is 14.7 Å². The number of fused-ring (bicyclic) bond motifs is 1. The lowest BCUT2D eigenvalue weighted by Gasteiger charge is -2.23. The van der Waals surface area contributed by atoms with Crippen LogP contribution in [-0.2, 0) is 31.0 Å². The van der Waals surface area contributed by atoms with Crippen LogP contribution in [-0.4, -0.2) is 63.8 Å². The molecular weight excluding hydrogens is 712 g/mol. The van der Waals surface area contributed by atoms with Crippen LogP contribution in [0.5, 0.6) is 11.5 Å². The van der Waals surface area contributed by atoms with Gasteiger partial charge in [-0.15, -0.1) is 0 Å². The zero-order chi connectivity index (χ0) is 38.8. The van der Waals surface area contributed by atoms with Gasteiger partial charge in [0, 0.05) is 55.1 Å². The molecule has 0 spiro atoms. The number of hydrogen-bond donors (Lipinski definition) is 2. The van der Waals surface area contributed by atoms with Crippen molar-refractivity contribution in [3.63, 3.8) is 0 Å². The molecule has 0 bridgehead atoms. The van der Waals surface area contributed by atoms with E-state index in [4.69, 9.17) is 21.1 Å². The highest BCUT2D eigenvalue weighted by Gasteiger charge is 2.36. The summed E-state index contributed by atoms with van der Waals surface area (Å²) in [7, 11) is 4.31. The fraction of sp³-hybridized carbons (Fsp3) is 0.311. The van der Waals surface area contributed by atoms with Crippen molar-refractivity contribution in [3.05, 3.63) is 135 Å². The molecule has 5 aromatic rings. The first-order chi connectivity index (χ1) is 26.5. The number of nitrogens with zero attached hydrogens (tertiary/aromatic N) is 4. The predicted octanol–water partition coefficient (Wildman–Crippen LogP) is 8.28. The van der Waals surface area contributed by atoms with Crippen LogP contribution in [0.25, 0.3) is 22.3 Å². The number of hydrogen-bond acceptors (Lipinski definition) is 8. The molecule has 1 fully saturated rings. The molecule has 1 aliphatic heterocycles. The maximum atomic E-state index is 12.0. The van der Waals surface area contributed by atoms with E-state index >= 15 is 0 Å². The number of carbonyl (C=O) groups is 1. The topological polar surface area (TPSA) is 119 Å². The van der Waals surface area contributed by atoms with Crippen LogP contribution in [0.4, 0.5) is 0 Å². The number of aromatic nitrogens is 1. The van der Waals surface area contributed by atoms with Gasteiger partial charge in [-0.25, -0.2) is 0 Å². The average Bonchev–Trinajstić information content (AvgIpc) is 3.77. The summed E-state index contributed by atoms with van der Waals surface area (Å²) in [5, 5.41) is 29.8. The third-order valence-electron chi connectivity index (χ3n) is 11.0. The highest BCUT2D eigenvalue weighted by atomic mass is 35.5. The van der Waals surface area contributed by atoms with Crippen LogP contribution in [0.1, 0.15) is 63.4 Å². The highest BCUT2D eigenvalue weighted by molar-refractivity contribution is 6.32. The molecule has 0 radical (unpaired) electrons. The van der Waals surface area contributed by atoms with Gasteiger partial charge in [0.05, 0.1) is 16.7 Å². The maximum Gasteiger partial charge on any atom is 0.321 e. The number of aliphatic carboxylic acids is 1. The number of aliphatic hydroxyl groups excluding tert-OH is 1. The van der Waals surface area contributed by atoms with Crippen molar-refractivity contribution in [1.29, 1.82) is 5.26 Å². The number of halogens is 1. The number of carboxylic acids is 1. The van der Waals surface area contributed by atoms with E-state index in [-0.39, 0.29) is 32.7 Å². The largest absolute Gasteiger partial charge is 0.488 e. The fourth-order valence-corrected chi connectivity index (χ4v) is 8.33. The smallest absolute Gasteiger partial charge is 0.321 e. The van der Waals surface area contributed by atoms with E-state index < -0.39 is 18.1 Å². The second-order valence-electron chi connectivity index (χ2n) is 14.8. The number of rotatable bonds is 12. The normalized spacial score (nSPS) is 18.0. The Hall–Kier alpha value is -5.24. The number of benzene rings is 4. The number of β-amino-alcohol motifs (C(OH)–C–C–N with tert-alkyl or cyclic N) is 1. The van der Waals surface area contributed by atoms with E-state index in [1.165, 1.54) is 39.6 Å². The first-order valence-corrected chi connectivity index (χ1v) is 18.9. The SMILES string of the molecule is Cc1c(COc2cc(OCc3cncc(C#N)c3)c(CN3CC(O)C[C@H]3C(=O)O)cc2Cl)cccc1-c1cccc(-c2ccc3c(c2)CC[C@H]3N(C)C)c1C. The molecule has 55 heavy (non-hydrogen) atoms. The summed E-state index contributed by atoms with van der Waals surface area (Å²) in [4.78, 5) is 20.1. The van der Waals surface area contributed by atoms with Crippen molar-refractivity contribution in [2.24, 2.45) is 0 Å². The number of pyridine rings is 1.